The SMILES string of the molecule is CC(C)C(CNC(=O)NC1CCCCCC1)C(=O)O. The summed E-state index contributed by atoms with van der Waals surface area (Å²) in [6.45, 7) is 3.89. The van der Waals surface area contributed by atoms with E-state index < -0.39 is 11.9 Å². The second-order valence-corrected chi connectivity index (χ2v) is 5.73. The van der Waals surface area contributed by atoms with Crippen LogP contribution >= 0.6 is 0 Å². The monoisotopic (exact) mass is 270 g/mol. The maximum absolute atomic E-state index is 11.8. The zero-order valence-corrected chi connectivity index (χ0v) is 11.9. The standard InChI is InChI=1S/C14H26N2O3/c1-10(2)12(13(17)18)9-15-14(19)16-11-7-5-3-4-6-8-11/h10-12H,3-9H2,1-2H3,(H,17,18)(H2,15,16,19). The van der Waals surface area contributed by atoms with Crippen molar-refractivity contribution >= 4 is 12.0 Å². The number of hydrogen-bond donors (Lipinski definition) is 3. The lowest BCUT2D eigenvalue weighted by Gasteiger charge is -2.20. The fourth-order valence-corrected chi connectivity index (χ4v) is 2.47. The second-order valence-electron chi connectivity index (χ2n) is 5.73. The molecule has 1 unspecified atom stereocenters. The number of carboxylic acid groups (broad SMARTS) is 1. The van der Waals surface area contributed by atoms with E-state index in [1.165, 1.54) is 12.8 Å². The van der Waals surface area contributed by atoms with E-state index in [1.54, 1.807) is 0 Å². The number of amides is 2. The highest BCUT2D eigenvalue weighted by Gasteiger charge is 2.22. The fraction of sp³-hybridized carbons (Fsp3) is 0.857. The number of carbonyl (C=O) groups excluding carboxylic acids is 1. The lowest BCUT2D eigenvalue weighted by atomic mass is 9.96. The van der Waals surface area contributed by atoms with Crippen LogP contribution in [-0.4, -0.2) is 29.7 Å². The van der Waals surface area contributed by atoms with Crippen LogP contribution in [0.4, 0.5) is 4.79 Å². The molecular formula is C14H26N2O3. The van der Waals surface area contributed by atoms with Crippen LogP contribution < -0.4 is 10.6 Å². The molecule has 1 aliphatic carbocycles. The van der Waals surface area contributed by atoms with Crippen LogP contribution in [0.3, 0.4) is 0 Å². The third-order valence-electron chi connectivity index (χ3n) is 3.79. The number of urea groups is 1. The van der Waals surface area contributed by atoms with Gasteiger partial charge < -0.3 is 15.7 Å². The molecule has 1 saturated carbocycles. The Kier molecular flexibility index (Phi) is 6.67. The van der Waals surface area contributed by atoms with Gasteiger partial charge in [-0.1, -0.05) is 39.5 Å². The van der Waals surface area contributed by atoms with Gasteiger partial charge in [0.1, 0.15) is 0 Å². The minimum Gasteiger partial charge on any atom is -0.481 e. The number of carboxylic acids is 1. The zero-order chi connectivity index (χ0) is 14.3. The van der Waals surface area contributed by atoms with Crippen molar-refractivity contribution in [1.29, 1.82) is 0 Å². The predicted molar refractivity (Wildman–Crippen MR) is 74.0 cm³/mol. The zero-order valence-electron chi connectivity index (χ0n) is 11.9. The smallest absolute Gasteiger partial charge is 0.315 e. The van der Waals surface area contributed by atoms with Gasteiger partial charge in [0, 0.05) is 12.6 Å². The van der Waals surface area contributed by atoms with E-state index in [0.29, 0.717) is 0 Å². The molecule has 0 heterocycles. The van der Waals surface area contributed by atoms with Gasteiger partial charge in [0.25, 0.3) is 0 Å². The highest BCUT2D eigenvalue weighted by molar-refractivity contribution is 5.76. The van der Waals surface area contributed by atoms with E-state index in [0.717, 1.165) is 25.7 Å². The summed E-state index contributed by atoms with van der Waals surface area (Å²) in [5.74, 6) is -1.37. The van der Waals surface area contributed by atoms with Crippen molar-refractivity contribution in [2.75, 3.05) is 6.54 Å². The van der Waals surface area contributed by atoms with Crippen LogP contribution in [-0.2, 0) is 4.79 Å². The molecule has 5 heteroatoms. The molecule has 2 amide bonds. The Morgan fingerprint density at radius 1 is 1.16 bits per heavy atom. The Hall–Kier alpha value is -1.26. The van der Waals surface area contributed by atoms with Gasteiger partial charge in [-0.25, -0.2) is 4.79 Å². The van der Waals surface area contributed by atoms with E-state index in [4.69, 9.17) is 5.11 Å². The summed E-state index contributed by atoms with van der Waals surface area (Å²) in [4.78, 5) is 22.8. The maximum atomic E-state index is 11.8. The fourth-order valence-electron chi connectivity index (χ4n) is 2.47. The predicted octanol–water partition coefficient (Wildman–Crippen LogP) is 2.37. The van der Waals surface area contributed by atoms with Crippen molar-refractivity contribution in [3.05, 3.63) is 0 Å². The molecule has 0 saturated heterocycles. The van der Waals surface area contributed by atoms with Crippen LogP contribution in [0.15, 0.2) is 0 Å². The Balaban J connectivity index is 2.31. The first-order chi connectivity index (χ1) is 9.00. The first-order valence-corrected chi connectivity index (χ1v) is 7.28. The molecule has 1 atom stereocenters. The lowest BCUT2D eigenvalue weighted by Crippen LogP contribution is -2.45. The van der Waals surface area contributed by atoms with Gasteiger partial charge >= 0.3 is 12.0 Å². The minimum atomic E-state index is -0.857. The Labute approximate surface area is 115 Å². The second kappa shape index (κ2) is 8.02. The van der Waals surface area contributed by atoms with Crippen LogP contribution in [0.2, 0.25) is 0 Å². The van der Waals surface area contributed by atoms with E-state index >= 15 is 0 Å². The Morgan fingerprint density at radius 3 is 2.21 bits per heavy atom. The van der Waals surface area contributed by atoms with Gasteiger partial charge in [-0.05, 0) is 18.8 Å². The van der Waals surface area contributed by atoms with Crippen LogP contribution in [0, 0.1) is 11.8 Å². The van der Waals surface area contributed by atoms with Crippen molar-refractivity contribution in [2.24, 2.45) is 11.8 Å². The first kappa shape index (κ1) is 15.8. The van der Waals surface area contributed by atoms with Crippen LogP contribution in [0.25, 0.3) is 0 Å². The first-order valence-electron chi connectivity index (χ1n) is 7.28. The Bertz CT molecular complexity index is 297. The van der Waals surface area contributed by atoms with Gasteiger partial charge in [0.05, 0.1) is 5.92 Å². The molecule has 5 nitrogen and oxygen atoms in total. The molecule has 1 rings (SSSR count). The highest BCUT2D eigenvalue weighted by atomic mass is 16.4. The quantitative estimate of drug-likeness (QED) is 0.671. The molecule has 0 aliphatic heterocycles. The molecule has 3 N–H and O–H groups in total. The third-order valence-corrected chi connectivity index (χ3v) is 3.79. The van der Waals surface area contributed by atoms with Crippen molar-refractivity contribution in [3.63, 3.8) is 0 Å². The summed E-state index contributed by atoms with van der Waals surface area (Å²) < 4.78 is 0. The summed E-state index contributed by atoms with van der Waals surface area (Å²) in [5, 5.41) is 14.7. The number of rotatable bonds is 5. The third kappa shape index (κ3) is 5.94. The largest absolute Gasteiger partial charge is 0.481 e. The summed E-state index contributed by atoms with van der Waals surface area (Å²) in [5.41, 5.74) is 0. The van der Waals surface area contributed by atoms with Gasteiger partial charge in [0.15, 0.2) is 0 Å². The Morgan fingerprint density at radius 2 is 1.74 bits per heavy atom. The molecule has 0 bridgehead atoms. The molecule has 0 aromatic heterocycles. The summed E-state index contributed by atoms with van der Waals surface area (Å²) in [6.07, 6.45) is 6.87. The van der Waals surface area contributed by atoms with Crippen molar-refractivity contribution in [3.8, 4) is 0 Å². The van der Waals surface area contributed by atoms with Gasteiger partial charge in [0.2, 0.25) is 0 Å². The topological polar surface area (TPSA) is 78.4 Å². The molecule has 0 aromatic rings. The van der Waals surface area contributed by atoms with Crippen molar-refractivity contribution in [1.82, 2.24) is 10.6 Å². The van der Waals surface area contributed by atoms with E-state index in [-0.39, 0.29) is 24.5 Å². The summed E-state index contributed by atoms with van der Waals surface area (Å²) in [7, 11) is 0. The van der Waals surface area contributed by atoms with Crippen LogP contribution in [0.1, 0.15) is 52.4 Å². The van der Waals surface area contributed by atoms with Crippen LogP contribution in [0.5, 0.6) is 0 Å². The lowest BCUT2D eigenvalue weighted by molar-refractivity contribution is -0.142. The highest BCUT2D eigenvalue weighted by Crippen LogP contribution is 2.17. The minimum absolute atomic E-state index is 0.00989. The van der Waals surface area contributed by atoms with E-state index in [2.05, 4.69) is 10.6 Å². The molecule has 0 radical (unpaired) electrons. The number of nitrogens with one attached hydrogen (secondary N) is 2. The van der Waals surface area contributed by atoms with Crippen molar-refractivity contribution in [2.45, 2.75) is 58.4 Å². The average Bonchev–Trinajstić information content (AvgIpc) is 2.56. The number of carbonyl (C=O) groups is 2. The summed E-state index contributed by atoms with van der Waals surface area (Å²) in [6, 6.07) is 0.00336. The molecule has 19 heavy (non-hydrogen) atoms. The number of hydrogen-bond acceptors (Lipinski definition) is 2. The molecule has 1 aliphatic rings. The van der Waals surface area contributed by atoms with E-state index in [9.17, 15) is 9.59 Å². The average molecular weight is 270 g/mol. The van der Waals surface area contributed by atoms with Gasteiger partial charge in [-0.2, -0.15) is 0 Å². The molecule has 0 aromatic carbocycles. The van der Waals surface area contributed by atoms with E-state index in [1.807, 2.05) is 13.8 Å². The van der Waals surface area contributed by atoms with Gasteiger partial charge in [-0.15, -0.1) is 0 Å². The van der Waals surface area contributed by atoms with Crippen molar-refractivity contribution < 1.29 is 14.7 Å². The number of aliphatic carboxylic acids is 1. The summed E-state index contributed by atoms with van der Waals surface area (Å²) >= 11 is 0. The normalized spacial score (nSPS) is 18.7. The van der Waals surface area contributed by atoms with Gasteiger partial charge in [-0.3, -0.25) is 4.79 Å². The molecular weight excluding hydrogens is 244 g/mol. The molecule has 0 spiro atoms. The maximum Gasteiger partial charge on any atom is 0.315 e. The molecule has 1 fully saturated rings. The molecule has 110 valence electrons.